The zero-order valence-corrected chi connectivity index (χ0v) is 10.9. The van der Waals surface area contributed by atoms with Gasteiger partial charge in [0.25, 0.3) is 0 Å². The summed E-state index contributed by atoms with van der Waals surface area (Å²) in [5.74, 6) is 0. The molecule has 1 amide bonds. The van der Waals surface area contributed by atoms with Gasteiger partial charge in [-0.25, -0.2) is 4.79 Å². The molecule has 1 aliphatic heterocycles. The Bertz CT molecular complexity index is 276. The second kappa shape index (κ2) is 5.80. The van der Waals surface area contributed by atoms with Crippen molar-refractivity contribution in [2.24, 2.45) is 5.73 Å². The summed E-state index contributed by atoms with van der Waals surface area (Å²) >= 11 is 0. The Morgan fingerprint density at radius 2 is 2.00 bits per heavy atom. The Labute approximate surface area is 103 Å². The predicted molar refractivity (Wildman–Crippen MR) is 67.3 cm³/mol. The van der Waals surface area contributed by atoms with Crippen molar-refractivity contribution in [1.29, 1.82) is 0 Å². The van der Waals surface area contributed by atoms with Crippen molar-refractivity contribution in [2.75, 3.05) is 13.1 Å². The summed E-state index contributed by atoms with van der Waals surface area (Å²) in [6.45, 7) is 7.09. The maximum absolute atomic E-state index is 11.8. The Balaban J connectivity index is 2.34. The summed E-state index contributed by atoms with van der Waals surface area (Å²) in [6.07, 6.45) is 4.85. The van der Waals surface area contributed by atoms with Crippen molar-refractivity contribution in [3.05, 3.63) is 12.4 Å². The van der Waals surface area contributed by atoms with Gasteiger partial charge in [0.1, 0.15) is 5.60 Å². The number of nitrogens with one attached hydrogen (secondary N) is 1. The van der Waals surface area contributed by atoms with E-state index >= 15 is 0 Å². The van der Waals surface area contributed by atoms with E-state index in [1.807, 2.05) is 20.8 Å². The van der Waals surface area contributed by atoms with Crippen LogP contribution in [0.1, 0.15) is 33.6 Å². The van der Waals surface area contributed by atoms with Gasteiger partial charge in [-0.2, -0.15) is 0 Å². The molecule has 5 nitrogen and oxygen atoms in total. The first-order valence-corrected chi connectivity index (χ1v) is 6.03. The minimum atomic E-state index is -0.422. The van der Waals surface area contributed by atoms with Crippen molar-refractivity contribution >= 4 is 6.09 Å². The minimum Gasteiger partial charge on any atom is -0.444 e. The molecule has 1 fully saturated rings. The third-order valence-electron chi connectivity index (χ3n) is 2.57. The molecule has 1 aliphatic rings. The maximum Gasteiger partial charge on any atom is 0.410 e. The average Bonchev–Trinajstić information content (AvgIpc) is 2.24. The first-order chi connectivity index (χ1) is 7.92. The Morgan fingerprint density at radius 1 is 1.41 bits per heavy atom. The number of rotatable bonds is 2. The van der Waals surface area contributed by atoms with Crippen molar-refractivity contribution < 1.29 is 9.53 Å². The molecule has 1 saturated heterocycles. The highest BCUT2D eigenvalue weighted by Gasteiger charge is 2.26. The van der Waals surface area contributed by atoms with Crippen molar-refractivity contribution in [1.82, 2.24) is 10.2 Å². The normalized spacial score (nSPS) is 18.4. The van der Waals surface area contributed by atoms with E-state index in [0.29, 0.717) is 6.04 Å². The standard InChI is InChI=1S/C12H23N3O2/c1-12(2,3)17-11(16)15-8-4-10(5-9-15)14-7-6-13/h6-7,10,14H,4-5,8-9,13H2,1-3H3/b7-6-. The summed E-state index contributed by atoms with van der Waals surface area (Å²) < 4.78 is 5.33. The van der Waals surface area contributed by atoms with E-state index in [1.54, 1.807) is 11.1 Å². The van der Waals surface area contributed by atoms with Crippen LogP contribution < -0.4 is 11.1 Å². The molecule has 0 atom stereocenters. The summed E-state index contributed by atoms with van der Waals surface area (Å²) in [6, 6.07) is 0.397. The van der Waals surface area contributed by atoms with E-state index in [2.05, 4.69) is 5.32 Å². The highest BCUT2D eigenvalue weighted by molar-refractivity contribution is 5.68. The van der Waals surface area contributed by atoms with Crippen LogP contribution in [0.3, 0.4) is 0 Å². The van der Waals surface area contributed by atoms with Crippen LogP contribution in [0.15, 0.2) is 12.4 Å². The van der Waals surface area contributed by atoms with Crippen LogP contribution >= 0.6 is 0 Å². The van der Waals surface area contributed by atoms with Gasteiger partial charge in [-0.15, -0.1) is 0 Å². The van der Waals surface area contributed by atoms with Crippen LogP contribution in [0, 0.1) is 0 Å². The second-order valence-electron chi connectivity index (χ2n) is 5.27. The molecule has 3 N–H and O–H groups in total. The summed E-state index contributed by atoms with van der Waals surface area (Å²) in [5.41, 5.74) is 4.84. The Morgan fingerprint density at radius 3 is 2.47 bits per heavy atom. The van der Waals surface area contributed by atoms with E-state index in [-0.39, 0.29) is 6.09 Å². The highest BCUT2D eigenvalue weighted by Crippen LogP contribution is 2.15. The molecule has 17 heavy (non-hydrogen) atoms. The largest absolute Gasteiger partial charge is 0.444 e. The molecule has 0 aromatic carbocycles. The topological polar surface area (TPSA) is 67.6 Å². The van der Waals surface area contributed by atoms with Crippen LogP contribution in [0.4, 0.5) is 4.79 Å². The summed E-state index contributed by atoms with van der Waals surface area (Å²) in [5, 5.41) is 3.19. The molecule has 5 heteroatoms. The van der Waals surface area contributed by atoms with Crippen LogP contribution in [0.25, 0.3) is 0 Å². The molecule has 0 aliphatic carbocycles. The lowest BCUT2D eigenvalue weighted by atomic mass is 10.1. The van der Waals surface area contributed by atoms with Crippen molar-refractivity contribution in [3.8, 4) is 0 Å². The van der Waals surface area contributed by atoms with Crippen LogP contribution in [0.5, 0.6) is 0 Å². The van der Waals surface area contributed by atoms with Crippen molar-refractivity contribution in [3.63, 3.8) is 0 Å². The summed E-state index contributed by atoms with van der Waals surface area (Å²) in [4.78, 5) is 13.5. The van der Waals surface area contributed by atoms with Crippen LogP contribution in [-0.2, 0) is 4.74 Å². The lowest BCUT2D eigenvalue weighted by molar-refractivity contribution is 0.0201. The monoisotopic (exact) mass is 241 g/mol. The number of hydrogen-bond donors (Lipinski definition) is 2. The number of hydrogen-bond acceptors (Lipinski definition) is 4. The van der Waals surface area contributed by atoms with Gasteiger partial charge >= 0.3 is 6.09 Å². The molecular formula is C12H23N3O2. The van der Waals surface area contributed by atoms with Gasteiger partial charge in [-0.05, 0) is 33.6 Å². The van der Waals surface area contributed by atoms with Gasteiger partial charge in [0.05, 0.1) is 0 Å². The summed E-state index contributed by atoms with van der Waals surface area (Å²) in [7, 11) is 0. The van der Waals surface area contributed by atoms with E-state index in [1.165, 1.54) is 6.20 Å². The number of piperidine rings is 1. The number of carbonyl (C=O) groups is 1. The van der Waals surface area contributed by atoms with E-state index in [4.69, 9.17) is 10.5 Å². The fourth-order valence-electron chi connectivity index (χ4n) is 1.75. The van der Waals surface area contributed by atoms with Crippen LogP contribution in [-0.4, -0.2) is 35.7 Å². The average molecular weight is 241 g/mol. The molecule has 1 heterocycles. The number of ether oxygens (including phenoxy) is 1. The lowest BCUT2D eigenvalue weighted by Gasteiger charge is -2.33. The maximum atomic E-state index is 11.8. The zero-order chi connectivity index (χ0) is 12.9. The van der Waals surface area contributed by atoms with Crippen LogP contribution in [0.2, 0.25) is 0 Å². The Kier molecular flexibility index (Phi) is 4.66. The fourth-order valence-corrected chi connectivity index (χ4v) is 1.75. The quantitative estimate of drug-likeness (QED) is 0.767. The molecule has 0 radical (unpaired) electrons. The number of nitrogens with two attached hydrogens (primary N) is 1. The minimum absolute atomic E-state index is 0.217. The van der Waals surface area contributed by atoms with E-state index in [9.17, 15) is 4.79 Å². The SMILES string of the molecule is CC(C)(C)OC(=O)N1CCC(N/C=C\N)CC1. The molecular weight excluding hydrogens is 218 g/mol. The third-order valence-corrected chi connectivity index (χ3v) is 2.57. The molecule has 0 saturated carbocycles. The first-order valence-electron chi connectivity index (χ1n) is 6.03. The molecule has 0 aromatic rings. The Hall–Kier alpha value is -1.39. The van der Waals surface area contributed by atoms with Gasteiger partial charge in [-0.3, -0.25) is 0 Å². The number of amides is 1. The van der Waals surface area contributed by atoms with Gasteiger partial charge in [0.15, 0.2) is 0 Å². The number of likely N-dealkylation sites (tertiary alicyclic amines) is 1. The first kappa shape index (κ1) is 13.7. The molecule has 0 spiro atoms. The van der Waals surface area contributed by atoms with Crippen molar-refractivity contribution in [2.45, 2.75) is 45.3 Å². The third kappa shape index (κ3) is 4.97. The molecule has 98 valence electrons. The fraction of sp³-hybridized carbons (Fsp3) is 0.750. The smallest absolute Gasteiger partial charge is 0.410 e. The molecule has 0 aromatic heterocycles. The highest BCUT2D eigenvalue weighted by atomic mass is 16.6. The molecule has 0 bridgehead atoms. The number of nitrogens with zero attached hydrogens (tertiary/aromatic N) is 1. The second-order valence-corrected chi connectivity index (χ2v) is 5.27. The zero-order valence-electron chi connectivity index (χ0n) is 10.9. The number of carbonyl (C=O) groups excluding carboxylic acids is 1. The van der Waals surface area contributed by atoms with E-state index in [0.717, 1.165) is 25.9 Å². The van der Waals surface area contributed by atoms with Gasteiger partial charge in [0.2, 0.25) is 0 Å². The van der Waals surface area contributed by atoms with Gasteiger partial charge in [0, 0.05) is 31.5 Å². The predicted octanol–water partition coefficient (Wildman–Crippen LogP) is 1.41. The van der Waals surface area contributed by atoms with Gasteiger partial charge in [-0.1, -0.05) is 0 Å². The van der Waals surface area contributed by atoms with Gasteiger partial charge < -0.3 is 20.7 Å². The molecule has 0 unspecified atom stereocenters. The lowest BCUT2D eigenvalue weighted by Crippen LogP contribution is -2.45. The van der Waals surface area contributed by atoms with E-state index < -0.39 is 5.60 Å². The molecule has 1 rings (SSSR count).